The van der Waals surface area contributed by atoms with Crippen LogP contribution in [-0.4, -0.2) is 53.0 Å². The minimum Gasteiger partial charge on any atom is -0.493 e. The van der Waals surface area contributed by atoms with Crippen molar-refractivity contribution in [3.8, 4) is 11.5 Å². The van der Waals surface area contributed by atoms with Crippen molar-refractivity contribution >= 4 is 45.6 Å². The van der Waals surface area contributed by atoms with E-state index < -0.39 is 10.0 Å². The van der Waals surface area contributed by atoms with E-state index in [4.69, 9.17) is 9.47 Å². The zero-order valence-corrected chi connectivity index (χ0v) is 21.1. The first kappa shape index (κ1) is 25.2. The zero-order valence-electron chi connectivity index (χ0n) is 17.9. The van der Waals surface area contributed by atoms with E-state index in [0.29, 0.717) is 42.0 Å². The van der Waals surface area contributed by atoms with Crippen LogP contribution in [0.25, 0.3) is 0 Å². The Morgan fingerprint density at radius 3 is 2.26 bits per heavy atom. The molecule has 0 radical (unpaired) electrons. The van der Waals surface area contributed by atoms with Gasteiger partial charge < -0.3 is 20.1 Å². The Hall–Kier alpha value is -2.05. The number of aliphatic imine (C=N–C) groups is 1. The van der Waals surface area contributed by atoms with E-state index in [0.717, 1.165) is 24.1 Å². The lowest BCUT2D eigenvalue weighted by Gasteiger charge is -2.16. The van der Waals surface area contributed by atoms with Gasteiger partial charge in [0.1, 0.15) is 0 Å². The highest BCUT2D eigenvalue weighted by Gasteiger charge is 2.26. The first-order chi connectivity index (χ1) is 14.5. The smallest absolute Gasteiger partial charge is 0.243 e. The van der Waals surface area contributed by atoms with Crippen molar-refractivity contribution in [3.05, 3.63) is 48.0 Å². The number of hydrogen-bond acceptors (Lipinski definition) is 5. The van der Waals surface area contributed by atoms with Gasteiger partial charge >= 0.3 is 0 Å². The van der Waals surface area contributed by atoms with Crippen LogP contribution in [0.15, 0.2) is 52.4 Å². The largest absolute Gasteiger partial charge is 0.493 e. The first-order valence-electron chi connectivity index (χ1n) is 9.76. The van der Waals surface area contributed by atoms with E-state index >= 15 is 0 Å². The van der Waals surface area contributed by atoms with Gasteiger partial charge in [-0.2, -0.15) is 4.31 Å². The maximum absolute atomic E-state index is 12.6. The van der Waals surface area contributed by atoms with Gasteiger partial charge in [0.15, 0.2) is 17.5 Å². The number of rotatable bonds is 7. The number of nitrogens with one attached hydrogen (secondary N) is 2. The lowest BCUT2D eigenvalue weighted by Crippen LogP contribution is -2.30. The van der Waals surface area contributed by atoms with Crippen LogP contribution in [-0.2, 0) is 16.6 Å². The van der Waals surface area contributed by atoms with Crippen molar-refractivity contribution in [1.29, 1.82) is 0 Å². The maximum atomic E-state index is 12.6. The normalized spacial score (nSPS) is 14.6. The van der Waals surface area contributed by atoms with E-state index in [1.807, 2.05) is 30.3 Å². The van der Waals surface area contributed by atoms with Gasteiger partial charge in [-0.3, -0.25) is 4.99 Å². The molecule has 10 heteroatoms. The predicted molar refractivity (Wildman–Crippen MR) is 133 cm³/mol. The van der Waals surface area contributed by atoms with Gasteiger partial charge in [0.25, 0.3) is 0 Å². The monoisotopic (exact) mass is 560 g/mol. The van der Waals surface area contributed by atoms with Gasteiger partial charge in [-0.1, -0.05) is 12.1 Å². The summed E-state index contributed by atoms with van der Waals surface area (Å²) < 4.78 is 37.4. The first-order valence-corrected chi connectivity index (χ1v) is 11.2. The van der Waals surface area contributed by atoms with Gasteiger partial charge in [-0.25, -0.2) is 8.42 Å². The second-order valence-corrected chi connectivity index (χ2v) is 8.81. The highest BCUT2D eigenvalue weighted by atomic mass is 127. The van der Waals surface area contributed by atoms with Crippen LogP contribution in [0.3, 0.4) is 0 Å². The minimum atomic E-state index is -3.39. The fraction of sp³-hybridized carbons (Fsp3) is 0.381. The van der Waals surface area contributed by atoms with Crippen LogP contribution in [0.5, 0.6) is 11.5 Å². The van der Waals surface area contributed by atoms with Crippen LogP contribution in [0.2, 0.25) is 0 Å². The molecule has 1 saturated heterocycles. The number of halogens is 1. The zero-order chi connectivity index (χ0) is 21.6. The molecule has 0 bridgehead atoms. The molecule has 0 aliphatic carbocycles. The molecule has 2 N–H and O–H groups in total. The van der Waals surface area contributed by atoms with E-state index in [9.17, 15) is 8.42 Å². The molecular weight excluding hydrogens is 531 g/mol. The van der Waals surface area contributed by atoms with E-state index in [-0.39, 0.29) is 24.0 Å². The van der Waals surface area contributed by atoms with Crippen molar-refractivity contribution in [2.45, 2.75) is 24.3 Å². The third kappa shape index (κ3) is 6.23. The fourth-order valence-electron chi connectivity index (χ4n) is 3.27. The van der Waals surface area contributed by atoms with Gasteiger partial charge in [0, 0.05) is 38.4 Å². The molecule has 0 spiro atoms. The molecule has 8 nitrogen and oxygen atoms in total. The molecule has 0 amide bonds. The highest BCUT2D eigenvalue weighted by Crippen LogP contribution is 2.29. The number of methoxy groups -OCH3 is 2. The Morgan fingerprint density at radius 1 is 1.03 bits per heavy atom. The van der Waals surface area contributed by atoms with Crippen LogP contribution in [0.4, 0.5) is 5.69 Å². The number of guanidine groups is 1. The summed E-state index contributed by atoms with van der Waals surface area (Å²) in [7, 11) is 1.47. The Morgan fingerprint density at radius 2 is 1.68 bits per heavy atom. The molecule has 3 rings (SSSR count). The standard InChI is InChI=1S/C21H28N4O4S.HI/c1-22-21(24-17-8-11-19(28-2)20(14-17)29-3)23-15-16-6-9-18(10-7-16)30(26,27)25-12-4-5-13-25;/h6-11,14H,4-5,12-13,15H2,1-3H3,(H2,22,23,24);1H. The quantitative estimate of drug-likeness (QED) is 0.307. The molecule has 1 heterocycles. The average molecular weight is 560 g/mol. The maximum Gasteiger partial charge on any atom is 0.243 e. The van der Waals surface area contributed by atoms with Crippen LogP contribution >= 0.6 is 24.0 Å². The second-order valence-electron chi connectivity index (χ2n) is 6.88. The Labute approximate surface area is 201 Å². The molecule has 0 unspecified atom stereocenters. The Balaban J connectivity index is 0.00000341. The molecule has 0 atom stereocenters. The number of hydrogen-bond donors (Lipinski definition) is 2. The molecule has 1 aliphatic rings. The van der Waals surface area contributed by atoms with Crippen molar-refractivity contribution in [2.24, 2.45) is 4.99 Å². The Bertz CT molecular complexity index is 991. The summed E-state index contributed by atoms with van der Waals surface area (Å²) in [6, 6.07) is 12.5. The summed E-state index contributed by atoms with van der Waals surface area (Å²) in [5.74, 6) is 1.85. The van der Waals surface area contributed by atoms with Gasteiger partial charge in [0.2, 0.25) is 10.0 Å². The summed E-state index contributed by atoms with van der Waals surface area (Å²) in [4.78, 5) is 4.56. The van der Waals surface area contributed by atoms with Crippen molar-refractivity contribution in [3.63, 3.8) is 0 Å². The van der Waals surface area contributed by atoms with Crippen molar-refractivity contribution < 1.29 is 17.9 Å². The number of anilines is 1. The van der Waals surface area contributed by atoms with Crippen LogP contribution in [0, 0.1) is 0 Å². The second kappa shape index (κ2) is 11.5. The highest BCUT2D eigenvalue weighted by molar-refractivity contribution is 14.0. The summed E-state index contributed by atoms with van der Waals surface area (Å²) in [5.41, 5.74) is 1.75. The molecule has 2 aromatic rings. The van der Waals surface area contributed by atoms with Gasteiger partial charge in [-0.15, -0.1) is 24.0 Å². The van der Waals surface area contributed by atoms with Gasteiger partial charge in [-0.05, 0) is 42.7 Å². The van der Waals surface area contributed by atoms with E-state index in [1.54, 1.807) is 37.7 Å². The van der Waals surface area contributed by atoms with Crippen molar-refractivity contribution in [2.75, 3.05) is 39.7 Å². The van der Waals surface area contributed by atoms with Gasteiger partial charge in [0.05, 0.1) is 19.1 Å². The number of nitrogens with zero attached hydrogens (tertiary/aromatic N) is 2. The molecule has 0 aromatic heterocycles. The summed E-state index contributed by atoms with van der Waals surface area (Å²) in [6.07, 6.45) is 1.85. The average Bonchev–Trinajstić information content (AvgIpc) is 3.32. The molecule has 170 valence electrons. The third-order valence-electron chi connectivity index (χ3n) is 4.96. The summed E-state index contributed by atoms with van der Waals surface area (Å²) >= 11 is 0. The molecule has 1 fully saturated rings. The number of sulfonamides is 1. The predicted octanol–water partition coefficient (Wildman–Crippen LogP) is 3.29. The summed E-state index contributed by atoms with van der Waals surface area (Å²) in [5, 5.41) is 6.42. The van der Waals surface area contributed by atoms with Crippen LogP contribution < -0.4 is 20.1 Å². The molecule has 31 heavy (non-hydrogen) atoms. The molecular formula is C21H29IN4O4S. The topological polar surface area (TPSA) is 92.3 Å². The van der Waals surface area contributed by atoms with E-state index in [1.165, 1.54) is 0 Å². The fourth-order valence-corrected chi connectivity index (χ4v) is 4.79. The number of ether oxygens (including phenoxy) is 2. The lowest BCUT2D eigenvalue weighted by molar-refractivity contribution is 0.355. The Kier molecular flexibility index (Phi) is 9.38. The SMILES string of the molecule is CN=C(NCc1ccc(S(=O)(=O)N2CCCC2)cc1)Nc1ccc(OC)c(OC)c1.I. The van der Waals surface area contributed by atoms with Crippen LogP contribution in [0.1, 0.15) is 18.4 Å². The third-order valence-corrected chi connectivity index (χ3v) is 6.87. The lowest BCUT2D eigenvalue weighted by atomic mass is 10.2. The molecule has 1 aliphatic heterocycles. The molecule has 0 saturated carbocycles. The minimum absolute atomic E-state index is 0. The van der Waals surface area contributed by atoms with Crippen molar-refractivity contribution in [1.82, 2.24) is 9.62 Å². The van der Waals surface area contributed by atoms with E-state index in [2.05, 4.69) is 15.6 Å². The summed E-state index contributed by atoms with van der Waals surface area (Å²) in [6.45, 7) is 1.70. The number of benzene rings is 2. The molecule has 2 aromatic carbocycles.